The molecule has 134 valence electrons. The van der Waals surface area contributed by atoms with E-state index in [2.05, 4.69) is 10.6 Å². The first kappa shape index (κ1) is 16.6. The summed E-state index contributed by atoms with van der Waals surface area (Å²) in [5.41, 5.74) is 12.5. The molecule has 1 unspecified atom stereocenters. The van der Waals surface area contributed by atoms with E-state index in [0.29, 0.717) is 17.8 Å². The normalized spacial score (nSPS) is 18.6. The topological polar surface area (TPSA) is 89.3 Å². The Bertz CT molecular complexity index is 906. The number of nitrogens with one attached hydrogen (secondary N) is 2. The van der Waals surface area contributed by atoms with Crippen LogP contribution in [0, 0.1) is 0 Å². The molecule has 0 fully saturated rings. The highest BCUT2D eigenvalue weighted by Gasteiger charge is 2.36. The molecule has 0 bridgehead atoms. The average molecular weight is 350 g/mol. The van der Waals surface area contributed by atoms with Crippen LogP contribution in [0.3, 0.4) is 0 Å². The number of carbonyl (C=O) groups excluding carboxylic acids is 1. The second-order valence-electron chi connectivity index (χ2n) is 6.64. The molecule has 6 nitrogen and oxygen atoms in total. The van der Waals surface area contributed by atoms with Crippen molar-refractivity contribution >= 4 is 17.5 Å². The summed E-state index contributed by atoms with van der Waals surface area (Å²) in [6.07, 6.45) is 0.844. The maximum Gasteiger partial charge on any atom is 0.336 e. The molecule has 1 aromatic heterocycles. The number of nitrogens with two attached hydrogens (primary N) is 1. The lowest BCUT2D eigenvalue weighted by Crippen LogP contribution is -2.30. The molecule has 0 saturated carbocycles. The zero-order chi connectivity index (χ0) is 18.3. The van der Waals surface area contributed by atoms with Gasteiger partial charge in [-0.1, -0.05) is 30.3 Å². The molecule has 4 rings (SSSR count). The van der Waals surface area contributed by atoms with Crippen LogP contribution in [-0.2, 0) is 22.5 Å². The fourth-order valence-electron chi connectivity index (χ4n) is 3.89. The first-order chi connectivity index (χ1) is 12.6. The molecule has 2 aromatic rings. The van der Waals surface area contributed by atoms with E-state index in [1.54, 1.807) is 0 Å². The second-order valence-corrected chi connectivity index (χ2v) is 6.64. The van der Waals surface area contributed by atoms with E-state index in [0.717, 1.165) is 46.9 Å². The van der Waals surface area contributed by atoms with Gasteiger partial charge in [0.05, 0.1) is 18.4 Å². The molecule has 2 aliphatic rings. The SMILES string of the molecule is COC(=O)C1=C(C)Nc2nc3c(c(N)c2C1c1ccccc1)CNCC3. The Kier molecular flexibility index (Phi) is 4.12. The standard InChI is InChI=1S/C20H22N4O2/c1-11-15(20(25)26-2)16(12-6-4-3-5-7-12)17-18(21)13-10-22-9-8-14(13)24-19(17)23-11/h3-7,16,22H,8-10H2,1-2H3,(H3,21,23,24). The number of fused-ring (bicyclic) bond motifs is 2. The molecular formula is C20H22N4O2. The highest BCUT2D eigenvalue weighted by molar-refractivity contribution is 5.95. The highest BCUT2D eigenvalue weighted by Crippen LogP contribution is 2.45. The number of pyridine rings is 1. The average Bonchev–Trinajstić information content (AvgIpc) is 2.67. The van der Waals surface area contributed by atoms with Crippen molar-refractivity contribution in [3.05, 3.63) is 64.0 Å². The summed E-state index contributed by atoms with van der Waals surface area (Å²) in [6, 6.07) is 9.90. The van der Waals surface area contributed by atoms with Gasteiger partial charge in [0.15, 0.2) is 0 Å². The van der Waals surface area contributed by atoms with Crippen molar-refractivity contribution in [1.29, 1.82) is 0 Å². The van der Waals surface area contributed by atoms with E-state index >= 15 is 0 Å². The van der Waals surface area contributed by atoms with E-state index in [9.17, 15) is 4.79 Å². The van der Waals surface area contributed by atoms with E-state index < -0.39 is 0 Å². The Hall–Kier alpha value is -2.86. The number of esters is 1. The summed E-state index contributed by atoms with van der Waals surface area (Å²) in [5, 5.41) is 6.64. The largest absolute Gasteiger partial charge is 0.466 e. The Labute approximate surface area is 152 Å². The third-order valence-corrected chi connectivity index (χ3v) is 5.13. The van der Waals surface area contributed by atoms with Crippen LogP contribution in [0.4, 0.5) is 11.5 Å². The number of benzene rings is 1. The van der Waals surface area contributed by atoms with Gasteiger partial charge in [0.1, 0.15) is 5.82 Å². The van der Waals surface area contributed by atoms with Crippen molar-refractivity contribution in [3.8, 4) is 0 Å². The highest BCUT2D eigenvalue weighted by atomic mass is 16.5. The molecule has 6 heteroatoms. The van der Waals surface area contributed by atoms with Crippen LogP contribution >= 0.6 is 0 Å². The van der Waals surface area contributed by atoms with E-state index in [-0.39, 0.29) is 11.9 Å². The van der Waals surface area contributed by atoms with E-state index in [4.69, 9.17) is 15.5 Å². The molecule has 0 saturated heterocycles. The van der Waals surface area contributed by atoms with Gasteiger partial charge in [-0.05, 0) is 12.5 Å². The number of hydrogen-bond acceptors (Lipinski definition) is 6. The Morgan fingerprint density at radius 3 is 2.81 bits per heavy atom. The monoisotopic (exact) mass is 350 g/mol. The van der Waals surface area contributed by atoms with Gasteiger partial charge in [-0.25, -0.2) is 9.78 Å². The zero-order valence-corrected chi connectivity index (χ0v) is 14.9. The van der Waals surface area contributed by atoms with Gasteiger partial charge >= 0.3 is 5.97 Å². The van der Waals surface area contributed by atoms with Gasteiger partial charge in [0.2, 0.25) is 0 Å². The smallest absolute Gasteiger partial charge is 0.336 e. The lowest BCUT2D eigenvalue weighted by Gasteiger charge is -2.32. The number of carbonyl (C=O) groups is 1. The number of nitrogen functional groups attached to an aromatic ring is 1. The number of allylic oxidation sites excluding steroid dienone is 1. The molecule has 2 aliphatic heterocycles. The van der Waals surface area contributed by atoms with Crippen LogP contribution in [0.5, 0.6) is 0 Å². The number of nitrogens with zero attached hydrogens (tertiary/aromatic N) is 1. The van der Waals surface area contributed by atoms with E-state index in [1.807, 2.05) is 37.3 Å². The maximum absolute atomic E-state index is 12.6. The number of hydrogen-bond donors (Lipinski definition) is 3. The number of rotatable bonds is 2. The Morgan fingerprint density at radius 1 is 1.31 bits per heavy atom. The van der Waals surface area contributed by atoms with Gasteiger partial charge < -0.3 is 21.1 Å². The molecule has 3 heterocycles. The van der Waals surface area contributed by atoms with E-state index in [1.165, 1.54) is 7.11 Å². The molecule has 0 amide bonds. The summed E-state index contributed by atoms with van der Waals surface area (Å²) in [4.78, 5) is 17.4. The minimum Gasteiger partial charge on any atom is -0.466 e. The van der Waals surface area contributed by atoms with Crippen LogP contribution < -0.4 is 16.4 Å². The van der Waals surface area contributed by atoms with Crippen LogP contribution in [0.15, 0.2) is 41.6 Å². The minimum atomic E-state index is -0.357. The number of anilines is 2. The van der Waals surface area contributed by atoms with Crippen molar-refractivity contribution in [2.75, 3.05) is 24.7 Å². The molecule has 0 spiro atoms. The predicted octanol–water partition coefficient (Wildman–Crippen LogP) is 2.31. The number of ether oxygens (including phenoxy) is 1. The molecule has 4 N–H and O–H groups in total. The quantitative estimate of drug-likeness (QED) is 0.720. The van der Waals surface area contributed by atoms with Gasteiger partial charge in [-0.3, -0.25) is 0 Å². The fraction of sp³-hybridized carbons (Fsp3) is 0.300. The zero-order valence-electron chi connectivity index (χ0n) is 14.9. The minimum absolute atomic E-state index is 0.306. The summed E-state index contributed by atoms with van der Waals surface area (Å²) >= 11 is 0. The third-order valence-electron chi connectivity index (χ3n) is 5.13. The Balaban J connectivity index is 1.98. The van der Waals surface area contributed by atoms with Crippen molar-refractivity contribution in [2.45, 2.75) is 25.8 Å². The lowest BCUT2D eigenvalue weighted by molar-refractivity contribution is -0.136. The molecule has 1 aromatic carbocycles. The lowest BCUT2D eigenvalue weighted by atomic mass is 9.80. The van der Waals surface area contributed by atoms with Crippen molar-refractivity contribution < 1.29 is 9.53 Å². The molecule has 0 radical (unpaired) electrons. The molecule has 0 aliphatic carbocycles. The molecule has 26 heavy (non-hydrogen) atoms. The predicted molar refractivity (Wildman–Crippen MR) is 101 cm³/mol. The molecular weight excluding hydrogens is 328 g/mol. The van der Waals surface area contributed by atoms with Crippen LogP contribution in [0.1, 0.15) is 35.2 Å². The van der Waals surface area contributed by atoms with Crippen LogP contribution in [-0.4, -0.2) is 24.6 Å². The summed E-state index contributed by atoms with van der Waals surface area (Å²) in [7, 11) is 1.40. The van der Waals surface area contributed by atoms with Gasteiger partial charge in [0, 0.05) is 47.9 Å². The van der Waals surface area contributed by atoms with Gasteiger partial charge in [0.25, 0.3) is 0 Å². The van der Waals surface area contributed by atoms with Crippen molar-refractivity contribution in [3.63, 3.8) is 0 Å². The number of methoxy groups -OCH3 is 1. The summed E-state index contributed by atoms with van der Waals surface area (Å²) in [6.45, 7) is 3.46. The van der Waals surface area contributed by atoms with Gasteiger partial charge in [-0.2, -0.15) is 0 Å². The molecule has 1 atom stereocenters. The van der Waals surface area contributed by atoms with Crippen LogP contribution in [0.25, 0.3) is 0 Å². The maximum atomic E-state index is 12.6. The summed E-state index contributed by atoms with van der Waals surface area (Å²) in [5.74, 6) is 0.0755. The Morgan fingerprint density at radius 2 is 2.08 bits per heavy atom. The third kappa shape index (κ3) is 2.54. The van der Waals surface area contributed by atoms with Gasteiger partial charge in [-0.15, -0.1) is 0 Å². The summed E-state index contributed by atoms with van der Waals surface area (Å²) < 4.78 is 5.07. The number of aromatic nitrogens is 1. The fourth-order valence-corrected chi connectivity index (χ4v) is 3.89. The van der Waals surface area contributed by atoms with Crippen molar-refractivity contribution in [1.82, 2.24) is 10.3 Å². The van der Waals surface area contributed by atoms with Crippen LogP contribution in [0.2, 0.25) is 0 Å². The second kappa shape index (κ2) is 6.46. The van der Waals surface area contributed by atoms with Crippen molar-refractivity contribution in [2.24, 2.45) is 0 Å². The first-order valence-electron chi connectivity index (χ1n) is 8.74. The first-order valence-corrected chi connectivity index (χ1v) is 8.74.